The van der Waals surface area contributed by atoms with E-state index in [0.29, 0.717) is 43.9 Å². The molecule has 2 saturated heterocycles. The summed E-state index contributed by atoms with van der Waals surface area (Å²) in [6, 6.07) is 10.6. The summed E-state index contributed by atoms with van der Waals surface area (Å²) in [4.78, 5) is 35.8. The standard InChI is InChI=1S/C26H28F3N5O2/c1-17-5-4-6-22(31-17)24(36)34-15-21(23(35)32(2)3)25(16-34)9-11-33(12-10-25)19-8-7-18(14-30)20(13-19)26(27,28)29/h4-8,13,21H,9-12,15-16H2,1-3H3. The van der Waals surface area contributed by atoms with Crippen LogP contribution in [0.2, 0.25) is 0 Å². The predicted molar refractivity (Wildman–Crippen MR) is 127 cm³/mol. The molecule has 10 heteroatoms. The number of carbonyl (C=O) groups excluding carboxylic acids is 2. The molecule has 1 aromatic carbocycles. The molecular formula is C26H28F3N5O2. The fraction of sp³-hybridized carbons (Fsp3) is 0.462. The molecule has 7 nitrogen and oxygen atoms in total. The normalized spacial score (nSPS) is 19.3. The largest absolute Gasteiger partial charge is 0.417 e. The molecule has 36 heavy (non-hydrogen) atoms. The number of halogens is 3. The first kappa shape index (κ1) is 25.5. The van der Waals surface area contributed by atoms with Gasteiger partial charge in [-0.1, -0.05) is 6.07 Å². The highest BCUT2D eigenvalue weighted by molar-refractivity contribution is 5.93. The Kier molecular flexibility index (Phi) is 6.69. The Labute approximate surface area is 208 Å². The molecule has 2 aliphatic rings. The van der Waals surface area contributed by atoms with E-state index in [0.717, 1.165) is 11.8 Å². The first-order chi connectivity index (χ1) is 16.9. The lowest BCUT2D eigenvalue weighted by Crippen LogP contribution is -2.48. The van der Waals surface area contributed by atoms with Gasteiger partial charge in [0.2, 0.25) is 5.91 Å². The second-order valence-corrected chi connectivity index (χ2v) is 9.82. The van der Waals surface area contributed by atoms with Gasteiger partial charge in [-0.05, 0) is 50.1 Å². The Bertz CT molecular complexity index is 1210. The van der Waals surface area contributed by atoms with Crippen LogP contribution in [0.5, 0.6) is 0 Å². The number of amides is 2. The number of pyridine rings is 1. The van der Waals surface area contributed by atoms with Crippen molar-refractivity contribution in [2.75, 3.05) is 45.2 Å². The summed E-state index contributed by atoms with van der Waals surface area (Å²) >= 11 is 0. The minimum Gasteiger partial charge on any atom is -0.371 e. The summed E-state index contributed by atoms with van der Waals surface area (Å²) in [5.41, 5.74) is -0.390. The number of aromatic nitrogens is 1. The van der Waals surface area contributed by atoms with E-state index in [1.807, 2.05) is 17.9 Å². The molecule has 2 aromatic rings. The van der Waals surface area contributed by atoms with Crippen molar-refractivity contribution in [3.8, 4) is 6.07 Å². The summed E-state index contributed by atoms with van der Waals surface area (Å²) in [7, 11) is 3.38. The fourth-order valence-electron chi connectivity index (χ4n) is 5.38. The maximum Gasteiger partial charge on any atom is 0.417 e. The highest BCUT2D eigenvalue weighted by atomic mass is 19.4. The zero-order chi connectivity index (χ0) is 26.3. The van der Waals surface area contributed by atoms with Crippen molar-refractivity contribution < 1.29 is 22.8 Å². The van der Waals surface area contributed by atoms with Crippen molar-refractivity contribution in [1.82, 2.24) is 14.8 Å². The van der Waals surface area contributed by atoms with Gasteiger partial charge in [-0.2, -0.15) is 18.4 Å². The number of aryl methyl sites for hydroxylation is 1. The van der Waals surface area contributed by atoms with Crippen LogP contribution in [-0.4, -0.2) is 66.9 Å². The summed E-state index contributed by atoms with van der Waals surface area (Å²) in [5, 5.41) is 9.08. The van der Waals surface area contributed by atoms with Crippen LogP contribution < -0.4 is 4.90 Å². The van der Waals surface area contributed by atoms with E-state index < -0.39 is 28.6 Å². The number of benzene rings is 1. The monoisotopic (exact) mass is 499 g/mol. The van der Waals surface area contributed by atoms with Crippen LogP contribution in [0.25, 0.3) is 0 Å². The summed E-state index contributed by atoms with van der Waals surface area (Å²) < 4.78 is 40.4. The summed E-state index contributed by atoms with van der Waals surface area (Å²) in [6.45, 7) is 3.35. The maximum absolute atomic E-state index is 13.5. The second-order valence-electron chi connectivity index (χ2n) is 9.82. The van der Waals surface area contributed by atoms with Gasteiger partial charge in [0.1, 0.15) is 5.69 Å². The molecule has 1 spiro atoms. The first-order valence-corrected chi connectivity index (χ1v) is 11.8. The van der Waals surface area contributed by atoms with Gasteiger partial charge in [0, 0.05) is 57.1 Å². The lowest BCUT2D eigenvalue weighted by molar-refractivity contribution is -0.138. The van der Waals surface area contributed by atoms with Crippen LogP contribution in [-0.2, 0) is 11.0 Å². The number of hydrogen-bond donors (Lipinski definition) is 0. The molecule has 2 aliphatic heterocycles. The molecule has 2 amide bonds. The number of carbonyl (C=O) groups is 2. The first-order valence-electron chi connectivity index (χ1n) is 11.8. The summed E-state index contributed by atoms with van der Waals surface area (Å²) in [6.07, 6.45) is -3.54. The average Bonchev–Trinajstić information content (AvgIpc) is 3.21. The van der Waals surface area contributed by atoms with Crippen LogP contribution in [0.4, 0.5) is 18.9 Å². The third kappa shape index (κ3) is 4.74. The van der Waals surface area contributed by atoms with Crippen molar-refractivity contribution in [3.63, 3.8) is 0 Å². The molecule has 190 valence electrons. The van der Waals surface area contributed by atoms with Crippen molar-refractivity contribution in [3.05, 3.63) is 58.9 Å². The van der Waals surface area contributed by atoms with Gasteiger partial charge in [-0.25, -0.2) is 4.98 Å². The van der Waals surface area contributed by atoms with Crippen LogP contribution in [0, 0.1) is 29.6 Å². The Morgan fingerprint density at radius 2 is 1.86 bits per heavy atom. The van der Waals surface area contributed by atoms with E-state index in [4.69, 9.17) is 5.26 Å². The maximum atomic E-state index is 13.5. The molecule has 3 heterocycles. The smallest absolute Gasteiger partial charge is 0.371 e. The molecule has 2 fully saturated rings. The Balaban J connectivity index is 1.57. The zero-order valence-electron chi connectivity index (χ0n) is 20.5. The van der Waals surface area contributed by atoms with Gasteiger partial charge < -0.3 is 14.7 Å². The van der Waals surface area contributed by atoms with Crippen LogP contribution >= 0.6 is 0 Å². The lowest BCUT2D eigenvalue weighted by Gasteiger charge is -2.43. The average molecular weight is 500 g/mol. The van der Waals surface area contributed by atoms with Gasteiger partial charge in [0.25, 0.3) is 5.91 Å². The van der Waals surface area contributed by atoms with Crippen molar-refractivity contribution >= 4 is 17.5 Å². The van der Waals surface area contributed by atoms with Gasteiger partial charge in [0.15, 0.2) is 0 Å². The number of anilines is 1. The number of alkyl halides is 3. The molecule has 0 bridgehead atoms. The molecule has 0 saturated carbocycles. The number of hydrogen-bond acceptors (Lipinski definition) is 5. The number of rotatable bonds is 3. The van der Waals surface area contributed by atoms with E-state index in [1.54, 1.807) is 37.2 Å². The number of piperidine rings is 1. The van der Waals surface area contributed by atoms with Crippen molar-refractivity contribution in [2.45, 2.75) is 25.9 Å². The van der Waals surface area contributed by atoms with Gasteiger partial charge in [0.05, 0.1) is 23.1 Å². The second kappa shape index (κ2) is 9.45. The van der Waals surface area contributed by atoms with Gasteiger partial charge in [-0.15, -0.1) is 0 Å². The summed E-state index contributed by atoms with van der Waals surface area (Å²) in [5.74, 6) is -0.694. The molecular weight excluding hydrogens is 471 g/mol. The highest BCUT2D eigenvalue weighted by Gasteiger charge is 2.53. The lowest BCUT2D eigenvalue weighted by atomic mass is 9.70. The SMILES string of the molecule is Cc1cccc(C(=O)N2CC(C(=O)N(C)C)C3(CCN(c4ccc(C#N)c(C(F)(F)F)c4)CC3)C2)n1. The number of nitriles is 1. The molecule has 4 rings (SSSR count). The molecule has 1 unspecified atom stereocenters. The minimum absolute atomic E-state index is 0.0614. The topological polar surface area (TPSA) is 80.5 Å². The van der Waals surface area contributed by atoms with Gasteiger partial charge in [-0.3, -0.25) is 9.59 Å². The quantitative estimate of drug-likeness (QED) is 0.643. The Morgan fingerprint density at radius 3 is 2.44 bits per heavy atom. The number of likely N-dealkylation sites (tertiary alicyclic amines) is 1. The minimum atomic E-state index is -4.63. The third-order valence-electron chi connectivity index (χ3n) is 7.33. The van der Waals surface area contributed by atoms with Crippen molar-refractivity contribution in [2.24, 2.45) is 11.3 Å². The van der Waals surface area contributed by atoms with Crippen LogP contribution in [0.15, 0.2) is 36.4 Å². The van der Waals surface area contributed by atoms with Crippen LogP contribution in [0.1, 0.15) is 40.2 Å². The number of nitrogens with zero attached hydrogens (tertiary/aromatic N) is 5. The highest BCUT2D eigenvalue weighted by Crippen LogP contribution is 2.46. The van der Waals surface area contributed by atoms with E-state index in [9.17, 15) is 22.8 Å². The molecule has 1 atom stereocenters. The fourth-order valence-corrected chi connectivity index (χ4v) is 5.38. The van der Waals surface area contributed by atoms with Crippen molar-refractivity contribution in [1.29, 1.82) is 5.26 Å². The van der Waals surface area contributed by atoms with Crippen LogP contribution in [0.3, 0.4) is 0 Å². The van der Waals surface area contributed by atoms with E-state index in [1.165, 1.54) is 17.0 Å². The van der Waals surface area contributed by atoms with E-state index in [2.05, 4.69) is 4.98 Å². The third-order valence-corrected chi connectivity index (χ3v) is 7.33. The predicted octanol–water partition coefficient (Wildman–Crippen LogP) is 3.73. The molecule has 0 aliphatic carbocycles. The Morgan fingerprint density at radius 1 is 1.17 bits per heavy atom. The molecule has 0 radical (unpaired) electrons. The van der Waals surface area contributed by atoms with E-state index >= 15 is 0 Å². The molecule has 1 aromatic heterocycles. The Hall–Kier alpha value is -3.61. The van der Waals surface area contributed by atoms with Gasteiger partial charge >= 0.3 is 6.18 Å². The van der Waals surface area contributed by atoms with E-state index in [-0.39, 0.29) is 18.4 Å². The molecule has 0 N–H and O–H groups in total. The zero-order valence-corrected chi connectivity index (χ0v) is 20.5.